The number of amides is 1. The van der Waals surface area contributed by atoms with Gasteiger partial charge in [-0.2, -0.15) is 0 Å². The molecule has 0 saturated carbocycles. The summed E-state index contributed by atoms with van der Waals surface area (Å²) in [6, 6.07) is 17.6. The maximum atomic E-state index is 12.4. The van der Waals surface area contributed by atoms with Crippen molar-refractivity contribution in [3.8, 4) is 5.75 Å². The van der Waals surface area contributed by atoms with E-state index in [1.165, 1.54) is 0 Å². The van der Waals surface area contributed by atoms with Gasteiger partial charge in [-0.25, -0.2) is 0 Å². The minimum atomic E-state index is 0.121. The number of nitrogens with zero attached hydrogens (tertiary/aromatic N) is 1. The zero-order valence-electron chi connectivity index (χ0n) is 14.7. The minimum absolute atomic E-state index is 0.121. The molecule has 4 nitrogen and oxygen atoms in total. The summed E-state index contributed by atoms with van der Waals surface area (Å²) >= 11 is 0. The molecule has 128 valence electrons. The summed E-state index contributed by atoms with van der Waals surface area (Å²) in [7, 11) is 0. The monoisotopic (exact) mass is 326 g/mol. The van der Waals surface area contributed by atoms with Crippen molar-refractivity contribution in [3.63, 3.8) is 0 Å². The van der Waals surface area contributed by atoms with E-state index in [4.69, 9.17) is 4.74 Å². The van der Waals surface area contributed by atoms with Crippen molar-refractivity contribution in [1.29, 1.82) is 0 Å². The van der Waals surface area contributed by atoms with Crippen LogP contribution in [-0.2, 0) is 4.79 Å². The molecule has 2 aromatic carbocycles. The molecule has 4 heteroatoms. The summed E-state index contributed by atoms with van der Waals surface area (Å²) in [5.41, 5.74) is 1.93. The van der Waals surface area contributed by atoms with Crippen LogP contribution in [-0.4, -0.2) is 25.1 Å². The van der Waals surface area contributed by atoms with Crippen LogP contribution in [0.5, 0.6) is 5.75 Å². The second-order valence-corrected chi connectivity index (χ2v) is 5.84. The quantitative estimate of drug-likeness (QED) is 0.785. The third-order valence-corrected chi connectivity index (χ3v) is 3.58. The van der Waals surface area contributed by atoms with Crippen molar-refractivity contribution in [2.24, 2.45) is 0 Å². The van der Waals surface area contributed by atoms with E-state index >= 15 is 0 Å². The molecule has 1 N–H and O–H groups in total. The van der Waals surface area contributed by atoms with Crippen LogP contribution in [0.3, 0.4) is 0 Å². The smallest absolute Gasteiger partial charge is 0.228 e. The van der Waals surface area contributed by atoms with Crippen molar-refractivity contribution in [2.45, 2.75) is 33.3 Å². The first-order valence-electron chi connectivity index (χ1n) is 8.46. The van der Waals surface area contributed by atoms with Crippen LogP contribution >= 0.6 is 0 Å². The number of hydrogen-bond donors (Lipinski definition) is 1. The van der Waals surface area contributed by atoms with Crippen molar-refractivity contribution >= 4 is 17.3 Å². The lowest BCUT2D eigenvalue weighted by Crippen LogP contribution is -2.31. The molecule has 0 atom stereocenters. The standard InChI is InChI=1S/C20H26N2O2/c1-4-22(18-8-6-5-7-9-18)20(23)14-15-21-17-10-12-19(13-11-17)24-16(2)3/h5-13,16,21H,4,14-15H2,1-3H3. The molecular weight excluding hydrogens is 300 g/mol. The van der Waals surface area contributed by atoms with Crippen LogP contribution in [0.15, 0.2) is 54.6 Å². The van der Waals surface area contributed by atoms with E-state index in [9.17, 15) is 4.79 Å². The number of hydrogen-bond acceptors (Lipinski definition) is 3. The van der Waals surface area contributed by atoms with Crippen LogP contribution in [0, 0.1) is 0 Å². The molecule has 2 aromatic rings. The second kappa shape index (κ2) is 8.96. The molecule has 0 heterocycles. The van der Waals surface area contributed by atoms with Gasteiger partial charge in [-0.15, -0.1) is 0 Å². The summed E-state index contributed by atoms with van der Waals surface area (Å²) in [6.07, 6.45) is 0.618. The molecule has 0 aliphatic rings. The highest BCUT2D eigenvalue weighted by atomic mass is 16.5. The first-order chi connectivity index (χ1) is 11.6. The Labute approximate surface area is 144 Å². The molecule has 0 aromatic heterocycles. The summed E-state index contributed by atoms with van der Waals surface area (Å²) in [4.78, 5) is 14.2. The zero-order chi connectivity index (χ0) is 17.4. The second-order valence-electron chi connectivity index (χ2n) is 5.84. The SMILES string of the molecule is CCN(C(=O)CCNc1ccc(OC(C)C)cc1)c1ccccc1. The Bertz CT molecular complexity index is 624. The Kier molecular flexibility index (Phi) is 6.67. The maximum absolute atomic E-state index is 12.4. The summed E-state index contributed by atoms with van der Waals surface area (Å²) in [5.74, 6) is 0.976. The lowest BCUT2D eigenvalue weighted by Gasteiger charge is -2.21. The van der Waals surface area contributed by atoms with Crippen molar-refractivity contribution < 1.29 is 9.53 Å². The topological polar surface area (TPSA) is 41.6 Å². The molecule has 0 aliphatic carbocycles. The number of carbonyl (C=O) groups excluding carboxylic acids is 1. The van der Waals surface area contributed by atoms with E-state index in [2.05, 4.69) is 5.32 Å². The Morgan fingerprint density at radius 3 is 2.33 bits per heavy atom. The molecule has 24 heavy (non-hydrogen) atoms. The van der Waals surface area contributed by atoms with E-state index < -0.39 is 0 Å². The predicted molar refractivity (Wildman–Crippen MR) is 99.8 cm³/mol. The number of nitrogens with one attached hydrogen (secondary N) is 1. The van der Waals surface area contributed by atoms with E-state index in [-0.39, 0.29) is 12.0 Å². The molecule has 0 unspecified atom stereocenters. The van der Waals surface area contributed by atoms with Gasteiger partial charge in [0.1, 0.15) is 5.75 Å². The highest BCUT2D eigenvalue weighted by molar-refractivity contribution is 5.93. The van der Waals surface area contributed by atoms with Crippen LogP contribution in [0.1, 0.15) is 27.2 Å². The lowest BCUT2D eigenvalue weighted by atomic mass is 10.2. The molecular formula is C20H26N2O2. The Hall–Kier alpha value is -2.49. The van der Waals surface area contributed by atoms with Crippen LogP contribution < -0.4 is 15.0 Å². The molecule has 2 rings (SSSR count). The Balaban J connectivity index is 1.83. The highest BCUT2D eigenvalue weighted by Crippen LogP contribution is 2.17. The van der Waals surface area contributed by atoms with E-state index in [0.717, 1.165) is 17.1 Å². The highest BCUT2D eigenvalue weighted by Gasteiger charge is 2.12. The zero-order valence-corrected chi connectivity index (χ0v) is 14.7. The van der Waals surface area contributed by atoms with Gasteiger partial charge in [0.25, 0.3) is 0 Å². The summed E-state index contributed by atoms with van der Waals surface area (Å²) in [5, 5.41) is 3.28. The number of para-hydroxylation sites is 1. The third kappa shape index (κ3) is 5.30. The maximum Gasteiger partial charge on any atom is 0.228 e. The van der Waals surface area contributed by atoms with Crippen molar-refractivity contribution in [3.05, 3.63) is 54.6 Å². The summed E-state index contributed by atoms with van der Waals surface area (Å²) in [6.45, 7) is 7.27. The van der Waals surface area contributed by atoms with Gasteiger partial charge in [0, 0.05) is 30.9 Å². The Morgan fingerprint density at radius 1 is 1.08 bits per heavy atom. The lowest BCUT2D eigenvalue weighted by molar-refractivity contribution is -0.118. The predicted octanol–water partition coefficient (Wildman–Crippen LogP) is 4.33. The van der Waals surface area contributed by atoms with Gasteiger partial charge in [-0.3, -0.25) is 4.79 Å². The van der Waals surface area contributed by atoms with Gasteiger partial charge < -0.3 is 15.0 Å². The van der Waals surface area contributed by atoms with Crippen LogP contribution in [0.4, 0.5) is 11.4 Å². The number of ether oxygens (including phenoxy) is 1. The van der Waals surface area contributed by atoms with Gasteiger partial charge in [-0.05, 0) is 57.2 Å². The molecule has 0 bridgehead atoms. The van der Waals surface area contributed by atoms with Gasteiger partial charge in [0.15, 0.2) is 0 Å². The number of anilines is 2. The van der Waals surface area contributed by atoms with Crippen LogP contribution in [0.25, 0.3) is 0 Å². The van der Waals surface area contributed by atoms with E-state index in [0.29, 0.717) is 19.5 Å². The normalized spacial score (nSPS) is 10.5. The van der Waals surface area contributed by atoms with Gasteiger partial charge in [0.05, 0.1) is 6.10 Å². The number of benzene rings is 2. The van der Waals surface area contributed by atoms with Crippen molar-refractivity contribution in [2.75, 3.05) is 23.3 Å². The minimum Gasteiger partial charge on any atom is -0.491 e. The number of rotatable bonds is 8. The van der Waals surface area contributed by atoms with Crippen molar-refractivity contribution in [1.82, 2.24) is 0 Å². The van der Waals surface area contributed by atoms with Gasteiger partial charge in [-0.1, -0.05) is 18.2 Å². The molecule has 0 aliphatic heterocycles. The molecule has 0 spiro atoms. The molecule has 0 saturated heterocycles. The average molecular weight is 326 g/mol. The average Bonchev–Trinajstić information content (AvgIpc) is 2.58. The number of carbonyl (C=O) groups is 1. The first-order valence-corrected chi connectivity index (χ1v) is 8.46. The third-order valence-electron chi connectivity index (χ3n) is 3.58. The first kappa shape index (κ1) is 17.9. The fourth-order valence-corrected chi connectivity index (χ4v) is 2.48. The molecule has 0 radical (unpaired) electrons. The van der Waals surface area contributed by atoms with E-state index in [1.54, 1.807) is 4.90 Å². The molecule has 0 fully saturated rings. The fraction of sp³-hybridized carbons (Fsp3) is 0.350. The molecule has 1 amide bonds. The van der Waals surface area contributed by atoms with Crippen LogP contribution in [0.2, 0.25) is 0 Å². The van der Waals surface area contributed by atoms with Gasteiger partial charge in [0.2, 0.25) is 5.91 Å². The fourth-order valence-electron chi connectivity index (χ4n) is 2.48. The summed E-state index contributed by atoms with van der Waals surface area (Å²) < 4.78 is 5.62. The Morgan fingerprint density at radius 2 is 1.75 bits per heavy atom. The van der Waals surface area contributed by atoms with Gasteiger partial charge >= 0.3 is 0 Å². The van der Waals surface area contributed by atoms with E-state index in [1.807, 2.05) is 75.4 Å². The largest absolute Gasteiger partial charge is 0.491 e.